The molecule has 0 aliphatic heterocycles. The summed E-state index contributed by atoms with van der Waals surface area (Å²) in [7, 11) is 0. The minimum Gasteiger partial charge on any atom is -0.546 e. The van der Waals surface area contributed by atoms with Crippen molar-refractivity contribution in [2.45, 2.75) is 20.4 Å². The zero-order chi connectivity index (χ0) is 20.1. The van der Waals surface area contributed by atoms with Crippen molar-refractivity contribution in [3.8, 4) is 5.75 Å². The van der Waals surface area contributed by atoms with E-state index in [-0.39, 0.29) is 5.56 Å². The lowest BCUT2D eigenvalue weighted by molar-refractivity contribution is -0.307. The number of benzene rings is 2. The molecule has 0 saturated carbocycles. The number of nitrogens with zero attached hydrogens (tertiary/aromatic N) is 3. The van der Waals surface area contributed by atoms with Gasteiger partial charge in [0.2, 0.25) is 5.95 Å². The smallest absolute Gasteiger partial charge is 0.262 e. The molecule has 144 valence electrons. The lowest BCUT2D eigenvalue weighted by Gasteiger charge is -2.11. The molecule has 28 heavy (non-hydrogen) atoms. The minimum absolute atomic E-state index is 0.127. The summed E-state index contributed by atoms with van der Waals surface area (Å²) in [5, 5.41) is 15.3. The Hall–Kier alpha value is -3.68. The number of anilines is 1. The number of carboxylic acids is 1. The maximum Gasteiger partial charge on any atom is 0.262 e. The van der Waals surface area contributed by atoms with Crippen molar-refractivity contribution in [2.24, 2.45) is 5.10 Å². The van der Waals surface area contributed by atoms with Crippen LogP contribution in [0.1, 0.15) is 19.4 Å². The fourth-order valence-corrected chi connectivity index (χ4v) is 2.68. The van der Waals surface area contributed by atoms with E-state index in [1.165, 1.54) is 4.57 Å². The van der Waals surface area contributed by atoms with Crippen LogP contribution in [0.15, 0.2) is 58.4 Å². The van der Waals surface area contributed by atoms with Crippen LogP contribution >= 0.6 is 0 Å². The van der Waals surface area contributed by atoms with Crippen LogP contribution in [0.4, 0.5) is 5.95 Å². The van der Waals surface area contributed by atoms with E-state index < -0.39 is 12.6 Å². The topological polar surface area (TPSA) is 109 Å². The molecule has 1 N–H and O–H groups in total. The highest BCUT2D eigenvalue weighted by atomic mass is 16.5. The van der Waals surface area contributed by atoms with Crippen LogP contribution in [0.25, 0.3) is 10.9 Å². The number of para-hydroxylation sites is 1. The highest BCUT2D eigenvalue weighted by Gasteiger charge is 2.09. The van der Waals surface area contributed by atoms with Crippen molar-refractivity contribution in [3.05, 3.63) is 64.4 Å². The van der Waals surface area contributed by atoms with Crippen LogP contribution < -0.4 is 20.8 Å². The Morgan fingerprint density at radius 1 is 1.21 bits per heavy atom. The molecule has 0 fully saturated rings. The van der Waals surface area contributed by atoms with Gasteiger partial charge in [-0.05, 0) is 55.8 Å². The second-order valence-corrected chi connectivity index (χ2v) is 6.00. The van der Waals surface area contributed by atoms with Gasteiger partial charge in [-0.3, -0.25) is 9.36 Å². The number of aromatic nitrogens is 2. The molecule has 1 aromatic heterocycles. The lowest BCUT2D eigenvalue weighted by atomic mass is 10.1. The molecule has 0 amide bonds. The van der Waals surface area contributed by atoms with Gasteiger partial charge in [0.05, 0.1) is 22.6 Å². The lowest BCUT2D eigenvalue weighted by Crippen LogP contribution is -2.28. The van der Waals surface area contributed by atoms with Gasteiger partial charge in [0.1, 0.15) is 12.4 Å². The predicted molar refractivity (Wildman–Crippen MR) is 104 cm³/mol. The van der Waals surface area contributed by atoms with Gasteiger partial charge in [-0.2, -0.15) is 5.10 Å². The maximum atomic E-state index is 12.6. The van der Waals surface area contributed by atoms with Gasteiger partial charge in [-0.1, -0.05) is 12.1 Å². The molecule has 0 aliphatic rings. The number of ether oxygens (including phenoxy) is 1. The van der Waals surface area contributed by atoms with Gasteiger partial charge in [0.15, 0.2) is 0 Å². The molecule has 8 heteroatoms. The van der Waals surface area contributed by atoms with Crippen LogP contribution in [-0.4, -0.2) is 27.8 Å². The number of aliphatic carboxylic acids is 1. The average molecular weight is 379 g/mol. The first-order valence-corrected chi connectivity index (χ1v) is 8.72. The van der Waals surface area contributed by atoms with Crippen LogP contribution in [0.5, 0.6) is 5.75 Å². The third kappa shape index (κ3) is 4.17. The number of carbonyl (C=O) groups is 1. The highest BCUT2D eigenvalue weighted by Crippen LogP contribution is 2.14. The van der Waals surface area contributed by atoms with E-state index in [1.807, 2.05) is 13.0 Å². The van der Waals surface area contributed by atoms with E-state index in [1.54, 1.807) is 49.4 Å². The molecular formula is C20H19N4O4-. The average Bonchev–Trinajstić information content (AvgIpc) is 2.71. The second kappa shape index (κ2) is 8.34. The molecule has 0 radical (unpaired) electrons. The molecule has 0 aliphatic carbocycles. The number of rotatable bonds is 7. The third-order valence-electron chi connectivity index (χ3n) is 4.13. The Kier molecular flexibility index (Phi) is 5.69. The number of carboxylic acid groups (broad SMARTS) is 1. The third-order valence-corrected chi connectivity index (χ3v) is 4.13. The number of fused-ring (bicyclic) bond motifs is 1. The SMILES string of the molecule is CCn1c(N/N=C(/C)c2ccc(OCC(=O)[O-])cc2)nc2ccccc2c1=O. The second-order valence-electron chi connectivity index (χ2n) is 6.00. The summed E-state index contributed by atoms with van der Waals surface area (Å²) in [6, 6.07) is 14.0. The first-order chi connectivity index (χ1) is 13.5. The Labute approximate surface area is 161 Å². The van der Waals surface area contributed by atoms with Crippen LogP contribution in [0, 0.1) is 0 Å². The molecule has 2 aromatic carbocycles. The Bertz CT molecular complexity index is 1090. The number of nitrogens with one attached hydrogen (secondary N) is 1. The van der Waals surface area contributed by atoms with E-state index in [4.69, 9.17) is 4.74 Å². The summed E-state index contributed by atoms with van der Waals surface area (Å²) in [6.45, 7) is 3.62. The van der Waals surface area contributed by atoms with Crippen molar-refractivity contribution in [1.82, 2.24) is 9.55 Å². The number of hydrogen-bond acceptors (Lipinski definition) is 7. The summed E-state index contributed by atoms with van der Waals surface area (Å²) in [4.78, 5) is 27.5. The van der Waals surface area contributed by atoms with Gasteiger partial charge in [-0.15, -0.1) is 0 Å². The molecule has 3 aromatic rings. The van der Waals surface area contributed by atoms with Crippen molar-refractivity contribution in [3.63, 3.8) is 0 Å². The molecule has 3 rings (SSSR count). The summed E-state index contributed by atoms with van der Waals surface area (Å²) >= 11 is 0. The number of hydrogen-bond donors (Lipinski definition) is 1. The minimum atomic E-state index is -1.28. The van der Waals surface area contributed by atoms with Crippen molar-refractivity contribution in [1.29, 1.82) is 0 Å². The Morgan fingerprint density at radius 3 is 2.61 bits per heavy atom. The normalized spacial score (nSPS) is 11.4. The first kappa shape index (κ1) is 19.1. The molecular weight excluding hydrogens is 360 g/mol. The van der Waals surface area contributed by atoms with Crippen LogP contribution in [-0.2, 0) is 11.3 Å². The predicted octanol–water partition coefficient (Wildman–Crippen LogP) is 1.38. The van der Waals surface area contributed by atoms with E-state index in [0.717, 1.165) is 5.56 Å². The Morgan fingerprint density at radius 2 is 1.93 bits per heavy atom. The van der Waals surface area contributed by atoms with Gasteiger partial charge in [-0.25, -0.2) is 10.4 Å². The van der Waals surface area contributed by atoms with E-state index in [0.29, 0.717) is 34.9 Å². The molecule has 0 bridgehead atoms. The fraction of sp³-hybridized carbons (Fsp3) is 0.200. The van der Waals surface area contributed by atoms with E-state index in [2.05, 4.69) is 15.5 Å². The summed E-state index contributed by atoms with van der Waals surface area (Å²) in [5.74, 6) is -0.500. The molecule has 0 unspecified atom stereocenters. The quantitative estimate of drug-likeness (QED) is 0.491. The summed E-state index contributed by atoms with van der Waals surface area (Å²) in [5.41, 5.74) is 4.81. The molecule has 0 atom stereocenters. The van der Waals surface area contributed by atoms with Gasteiger partial charge >= 0.3 is 0 Å². The van der Waals surface area contributed by atoms with Gasteiger partial charge in [0, 0.05) is 6.54 Å². The summed E-state index contributed by atoms with van der Waals surface area (Å²) in [6.07, 6.45) is 0. The molecule has 0 spiro atoms. The number of hydrazone groups is 1. The van der Waals surface area contributed by atoms with Gasteiger partial charge < -0.3 is 14.6 Å². The molecule has 8 nitrogen and oxygen atoms in total. The molecule has 0 saturated heterocycles. The first-order valence-electron chi connectivity index (χ1n) is 8.72. The zero-order valence-electron chi connectivity index (χ0n) is 15.5. The van der Waals surface area contributed by atoms with E-state index in [9.17, 15) is 14.7 Å². The molecule has 1 heterocycles. The largest absolute Gasteiger partial charge is 0.546 e. The Balaban J connectivity index is 1.83. The van der Waals surface area contributed by atoms with Crippen molar-refractivity contribution in [2.75, 3.05) is 12.0 Å². The van der Waals surface area contributed by atoms with Gasteiger partial charge in [0.25, 0.3) is 5.56 Å². The monoisotopic (exact) mass is 379 g/mol. The highest BCUT2D eigenvalue weighted by molar-refractivity contribution is 5.99. The van der Waals surface area contributed by atoms with Crippen molar-refractivity contribution < 1.29 is 14.6 Å². The maximum absolute atomic E-state index is 12.6. The zero-order valence-corrected chi connectivity index (χ0v) is 15.5. The number of carbonyl (C=O) groups excluding carboxylic acids is 1. The van der Waals surface area contributed by atoms with Crippen molar-refractivity contribution >= 4 is 28.5 Å². The van der Waals surface area contributed by atoms with E-state index >= 15 is 0 Å². The standard InChI is InChI=1S/C20H20N4O4/c1-3-24-19(27)16-6-4-5-7-17(16)21-20(24)23-22-13(2)14-8-10-15(11-9-14)28-12-18(25)26/h4-11H,3,12H2,1-2H3,(H,21,23)(H,25,26)/p-1/b22-13-. The van der Waals surface area contributed by atoms with Crippen LogP contribution in [0.3, 0.4) is 0 Å². The summed E-state index contributed by atoms with van der Waals surface area (Å²) < 4.78 is 6.57. The van der Waals surface area contributed by atoms with Crippen LogP contribution in [0.2, 0.25) is 0 Å². The fourth-order valence-electron chi connectivity index (χ4n) is 2.68.